The molecule has 1 N–H and O–H groups in total. The van der Waals surface area contributed by atoms with Crippen molar-refractivity contribution in [3.8, 4) is 11.4 Å². The average molecular weight is 396 g/mol. The summed E-state index contributed by atoms with van der Waals surface area (Å²) in [5.74, 6) is 1.32. The van der Waals surface area contributed by atoms with Crippen LogP contribution in [-0.4, -0.2) is 21.1 Å². The maximum atomic E-state index is 5.43. The van der Waals surface area contributed by atoms with Crippen LogP contribution in [0.4, 0.5) is 0 Å². The lowest BCUT2D eigenvalue weighted by Crippen LogP contribution is -1.94. The van der Waals surface area contributed by atoms with Gasteiger partial charge in [0.05, 0.1) is 6.21 Å². The van der Waals surface area contributed by atoms with Crippen LogP contribution in [-0.2, 0) is 0 Å². The summed E-state index contributed by atoms with van der Waals surface area (Å²) in [6.07, 6.45) is 1.61. The highest BCUT2D eigenvalue weighted by atomic mass is 127. The Bertz CT molecular complexity index is 803. The number of halogens is 1. The Balaban J connectivity index is 2.00. The van der Waals surface area contributed by atoms with E-state index in [1.807, 2.05) is 42.5 Å². The highest BCUT2D eigenvalue weighted by Gasteiger charge is 2.07. The third-order valence-electron chi connectivity index (χ3n) is 2.58. The average Bonchev–Trinajstić information content (AvgIpc) is 3.04. The minimum Gasteiger partial charge on any atom is -0.449 e. The number of benzene rings is 1. The molecule has 0 amide bonds. The molecular formula is C13H9IN4OS. The molecule has 0 radical (unpaired) electrons. The van der Waals surface area contributed by atoms with Crippen LogP contribution < -0.4 is 0 Å². The topological polar surface area (TPSA) is 59.1 Å². The summed E-state index contributed by atoms with van der Waals surface area (Å²) in [7, 11) is 0. The molecule has 3 rings (SSSR count). The van der Waals surface area contributed by atoms with E-state index in [4.69, 9.17) is 16.6 Å². The Kier molecular flexibility index (Phi) is 3.79. The molecule has 3 aromatic rings. The second-order valence-electron chi connectivity index (χ2n) is 3.92. The van der Waals surface area contributed by atoms with Crippen molar-refractivity contribution in [1.29, 1.82) is 0 Å². The van der Waals surface area contributed by atoms with Gasteiger partial charge in [0.2, 0.25) is 4.77 Å². The molecule has 0 bridgehead atoms. The molecule has 0 unspecified atom stereocenters. The molecule has 7 heteroatoms. The van der Waals surface area contributed by atoms with Gasteiger partial charge in [-0.25, -0.2) is 5.10 Å². The number of hydrogen-bond donors (Lipinski definition) is 1. The molecule has 0 saturated carbocycles. The van der Waals surface area contributed by atoms with E-state index in [1.165, 1.54) is 0 Å². The normalized spacial score (nSPS) is 11.2. The second-order valence-corrected chi connectivity index (χ2v) is 5.37. The van der Waals surface area contributed by atoms with Crippen LogP contribution in [0.15, 0.2) is 52.0 Å². The van der Waals surface area contributed by atoms with E-state index in [1.54, 1.807) is 10.9 Å². The molecule has 0 spiro atoms. The van der Waals surface area contributed by atoms with Crippen LogP contribution in [0.1, 0.15) is 5.76 Å². The zero-order valence-electron chi connectivity index (χ0n) is 10.2. The maximum Gasteiger partial charge on any atom is 0.216 e. The van der Waals surface area contributed by atoms with E-state index >= 15 is 0 Å². The largest absolute Gasteiger partial charge is 0.449 e. The minimum atomic E-state index is 0.432. The molecule has 2 aromatic heterocycles. The van der Waals surface area contributed by atoms with E-state index < -0.39 is 0 Å². The highest BCUT2D eigenvalue weighted by Crippen LogP contribution is 2.16. The predicted molar refractivity (Wildman–Crippen MR) is 87.3 cm³/mol. The van der Waals surface area contributed by atoms with Gasteiger partial charge in [-0.2, -0.15) is 14.9 Å². The predicted octanol–water partition coefficient (Wildman–Crippen LogP) is 3.69. The van der Waals surface area contributed by atoms with Gasteiger partial charge in [-0.05, 0) is 46.9 Å². The van der Waals surface area contributed by atoms with Gasteiger partial charge in [0.25, 0.3) is 0 Å². The van der Waals surface area contributed by atoms with Gasteiger partial charge in [-0.3, -0.25) is 0 Å². The fourth-order valence-electron chi connectivity index (χ4n) is 1.69. The number of nitrogens with zero attached hydrogens (tertiary/aromatic N) is 3. The number of aromatic amines is 1. The quantitative estimate of drug-likeness (QED) is 0.418. The van der Waals surface area contributed by atoms with Crippen LogP contribution in [0.2, 0.25) is 0 Å². The monoisotopic (exact) mass is 396 g/mol. The summed E-state index contributed by atoms with van der Waals surface area (Å²) in [6, 6.07) is 13.4. The van der Waals surface area contributed by atoms with Crippen molar-refractivity contribution in [2.45, 2.75) is 0 Å². The maximum absolute atomic E-state index is 5.43. The number of H-pyrrole nitrogens is 1. The third kappa shape index (κ3) is 2.73. The molecule has 0 aliphatic heterocycles. The Morgan fingerprint density at radius 3 is 2.75 bits per heavy atom. The summed E-state index contributed by atoms with van der Waals surface area (Å²) >= 11 is 7.29. The van der Waals surface area contributed by atoms with Crippen LogP contribution >= 0.6 is 34.8 Å². The van der Waals surface area contributed by atoms with E-state index in [0.29, 0.717) is 16.4 Å². The lowest BCUT2D eigenvalue weighted by molar-refractivity contribution is 0.531. The molecule has 0 saturated heterocycles. The summed E-state index contributed by atoms with van der Waals surface area (Å²) in [5.41, 5.74) is 0.936. The number of furan rings is 1. The van der Waals surface area contributed by atoms with Gasteiger partial charge in [-0.1, -0.05) is 30.3 Å². The van der Waals surface area contributed by atoms with Crippen molar-refractivity contribution in [3.63, 3.8) is 0 Å². The standard InChI is InChI=1S/C13H9IN4OS/c14-11-7-6-10(19-11)8-15-18-12(16-17-13(18)20)9-4-2-1-3-5-9/h1-8H,(H,17,20)/b15-8+. The van der Waals surface area contributed by atoms with Crippen molar-refractivity contribution in [2.24, 2.45) is 5.10 Å². The highest BCUT2D eigenvalue weighted by molar-refractivity contribution is 14.1. The van der Waals surface area contributed by atoms with Crippen LogP contribution in [0, 0.1) is 8.54 Å². The summed E-state index contributed by atoms with van der Waals surface area (Å²) < 4.78 is 8.24. The molecule has 0 aliphatic carbocycles. The molecule has 0 aliphatic rings. The number of aromatic nitrogens is 3. The Morgan fingerprint density at radius 2 is 2.05 bits per heavy atom. The SMILES string of the molecule is S=c1[nH]nc(-c2ccccc2)n1/N=C/c1ccc(I)o1. The Labute approximate surface area is 133 Å². The molecule has 20 heavy (non-hydrogen) atoms. The molecule has 0 fully saturated rings. The second kappa shape index (κ2) is 5.71. The van der Waals surface area contributed by atoms with Crippen LogP contribution in [0.25, 0.3) is 11.4 Å². The van der Waals surface area contributed by atoms with Gasteiger partial charge in [0, 0.05) is 5.56 Å². The van der Waals surface area contributed by atoms with E-state index in [9.17, 15) is 0 Å². The fraction of sp³-hybridized carbons (Fsp3) is 0. The van der Waals surface area contributed by atoms with E-state index in [0.717, 1.165) is 9.33 Å². The number of nitrogens with one attached hydrogen (secondary N) is 1. The lowest BCUT2D eigenvalue weighted by atomic mass is 10.2. The van der Waals surface area contributed by atoms with Crippen LogP contribution in [0.5, 0.6) is 0 Å². The van der Waals surface area contributed by atoms with Gasteiger partial charge in [-0.15, -0.1) is 0 Å². The fourth-order valence-corrected chi connectivity index (χ4v) is 2.30. The van der Waals surface area contributed by atoms with Gasteiger partial charge < -0.3 is 4.42 Å². The van der Waals surface area contributed by atoms with Gasteiger partial charge >= 0.3 is 0 Å². The Morgan fingerprint density at radius 1 is 1.25 bits per heavy atom. The van der Waals surface area contributed by atoms with Crippen molar-refractivity contribution in [2.75, 3.05) is 0 Å². The van der Waals surface area contributed by atoms with Crippen molar-refractivity contribution in [1.82, 2.24) is 14.9 Å². The summed E-state index contributed by atoms with van der Waals surface area (Å²) in [4.78, 5) is 0. The first-order valence-corrected chi connectivity index (χ1v) is 7.25. The van der Waals surface area contributed by atoms with E-state index in [2.05, 4.69) is 37.9 Å². The molecule has 1 aromatic carbocycles. The molecule has 5 nitrogen and oxygen atoms in total. The molecule has 100 valence electrons. The van der Waals surface area contributed by atoms with Crippen molar-refractivity contribution >= 4 is 41.0 Å². The first kappa shape index (κ1) is 13.3. The molecule has 0 atom stereocenters. The zero-order valence-corrected chi connectivity index (χ0v) is 13.1. The Hall–Kier alpha value is -1.74. The van der Waals surface area contributed by atoms with Gasteiger partial charge in [0.1, 0.15) is 5.76 Å². The van der Waals surface area contributed by atoms with Gasteiger partial charge in [0.15, 0.2) is 9.59 Å². The lowest BCUT2D eigenvalue weighted by Gasteiger charge is -1.99. The van der Waals surface area contributed by atoms with Crippen molar-refractivity contribution in [3.05, 3.63) is 56.8 Å². The molecule has 2 heterocycles. The summed E-state index contributed by atoms with van der Waals surface area (Å²) in [6.45, 7) is 0. The van der Waals surface area contributed by atoms with Crippen molar-refractivity contribution < 1.29 is 4.42 Å². The van der Waals surface area contributed by atoms with E-state index in [-0.39, 0.29) is 0 Å². The zero-order chi connectivity index (χ0) is 13.9. The summed E-state index contributed by atoms with van der Waals surface area (Å²) in [5, 5.41) is 11.3. The third-order valence-corrected chi connectivity index (χ3v) is 3.42. The minimum absolute atomic E-state index is 0.432. The first-order valence-electron chi connectivity index (χ1n) is 5.76. The molecular weight excluding hydrogens is 387 g/mol. The number of rotatable bonds is 3. The van der Waals surface area contributed by atoms with Crippen LogP contribution in [0.3, 0.4) is 0 Å². The number of hydrogen-bond acceptors (Lipinski definition) is 4. The first-order chi connectivity index (χ1) is 9.74. The smallest absolute Gasteiger partial charge is 0.216 e.